The van der Waals surface area contributed by atoms with Crippen molar-refractivity contribution in [3.63, 3.8) is 0 Å². The van der Waals surface area contributed by atoms with Crippen LogP contribution < -0.4 is 5.73 Å². The summed E-state index contributed by atoms with van der Waals surface area (Å²) in [6.45, 7) is 12.7. The van der Waals surface area contributed by atoms with Crippen LogP contribution in [-0.2, 0) is 9.53 Å². The summed E-state index contributed by atoms with van der Waals surface area (Å²) in [6, 6.07) is -0.507. The third-order valence-corrected chi connectivity index (χ3v) is 3.14. The van der Waals surface area contributed by atoms with Gasteiger partial charge >= 0.3 is 5.97 Å². The topological polar surface area (TPSA) is 52.3 Å². The smallest absolute Gasteiger partial charge is 0.323 e. The van der Waals surface area contributed by atoms with Gasteiger partial charge in [-0.2, -0.15) is 0 Å². The molecule has 1 atom stereocenters. The normalized spacial score (nSPS) is 14.5. The second-order valence-electron chi connectivity index (χ2n) is 5.52. The Balaban J connectivity index is 4.12. The molecule has 0 amide bonds. The van der Waals surface area contributed by atoms with Crippen molar-refractivity contribution in [1.82, 2.24) is 0 Å². The lowest BCUT2D eigenvalue weighted by molar-refractivity contribution is -0.150. The van der Waals surface area contributed by atoms with Crippen LogP contribution >= 0.6 is 0 Å². The van der Waals surface area contributed by atoms with Gasteiger partial charge in [-0.05, 0) is 11.8 Å². The van der Waals surface area contributed by atoms with E-state index in [2.05, 4.69) is 27.7 Å². The fraction of sp³-hybridized carbons (Fsp3) is 0.917. The molecule has 0 heterocycles. The number of hydrogen-bond acceptors (Lipinski definition) is 3. The molecule has 0 aromatic carbocycles. The molecule has 0 aromatic heterocycles. The highest BCUT2D eigenvalue weighted by molar-refractivity contribution is 5.75. The Morgan fingerprint density at radius 1 is 1.27 bits per heavy atom. The van der Waals surface area contributed by atoms with E-state index in [0.29, 0.717) is 12.5 Å². The van der Waals surface area contributed by atoms with Gasteiger partial charge in [0.1, 0.15) is 6.04 Å². The lowest BCUT2D eigenvalue weighted by Gasteiger charge is -2.29. The van der Waals surface area contributed by atoms with Crippen LogP contribution in [0.4, 0.5) is 0 Å². The number of carbonyl (C=O) groups is 1. The van der Waals surface area contributed by atoms with E-state index in [0.717, 1.165) is 0 Å². The van der Waals surface area contributed by atoms with Crippen LogP contribution in [0, 0.1) is 17.3 Å². The molecule has 0 aromatic rings. The molecule has 0 fully saturated rings. The number of esters is 1. The van der Waals surface area contributed by atoms with Gasteiger partial charge in [-0.25, -0.2) is 0 Å². The van der Waals surface area contributed by atoms with Gasteiger partial charge in [-0.1, -0.05) is 41.5 Å². The molecule has 0 radical (unpaired) electrons. The van der Waals surface area contributed by atoms with E-state index in [1.54, 1.807) is 0 Å². The molecule has 2 N–H and O–H groups in total. The van der Waals surface area contributed by atoms with Crippen LogP contribution in [0.3, 0.4) is 0 Å². The molecule has 0 saturated heterocycles. The van der Waals surface area contributed by atoms with E-state index >= 15 is 0 Å². The summed E-state index contributed by atoms with van der Waals surface area (Å²) >= 11 is 0. The zero-order chi connectivity index (χ0) is 12.2. The SMILES string of the molecule is CC(C)[C@H](N)C(=O)OCC(C)(C)C(C)C. The number of rotatable bonds is 5. The van der Waals surface area contributed by atoms with Crippen molar-refractivity contribution in [3.8, 4) is 0 Å². The van der Waals surface area contributed by atoms with E-state index in [1.165, 1.54) is 0 Å². The molecule has 3 nitrogen and oxygen atoms in total. The minimum absolute atomic E-state index is 0.00631. The molecule has 3 heteroatoms. The minimum Gasteiger partial charge on any atom is -0.464 e. The zero-order valence-electron chi connectivity index (χ0n) is 10.8. The third kappa shape index (κ3) is 4.65. The minimum atomic E-state index is -0.507. The Kier molecular flexibility index (Phi) is 5.29. The number of ether oxygens (including phenoxy) is 1. The maximum atomic E-state index is 11.5. The van der Waals surface area contributed by atoms with Crippen LogP contribution in [0.1, 0.15) is 41.5 Å². The van der Waals surface area contributed by atoms with E-state index in [1.807, 2.05) is 13.8 Å². The Bertz CT molecular complexity index is 210. The lowest BCUT2D eigenvalue weighted by Crippen LogP contribution is -2.39. The quantitative estimate of drug-likeness (QED) is 0.715. The first-order chi connectivity index (χ1) is 6.68. The summed E-state index contributed by atoms with van der Waals surface area (Å²) in [4.78, 5) is 11.5. The van der Waals surface area contributed by atoms with Crippen molar-refractivity contribution < 1.29 is 9.53 Å². The molecule has 0 aliphatic carbocycles. The number of carbonyl (C=O) groups excluding carboxylic acids is 1. The van der Waals surface area contributed by atoms with Crippen LogP contribution in [0.25, 0.3) is 0 Å². The maximum Gasteiger partial charge on any atom is 0.323 e. The van der Waals surface area contributed by atoms with Gasteiger partial charge in [0, 0.05) is 5.41 Å². The lowest BCUT2D eigenvalue weighted by atomic mass is 9.82. The molecule has 0 spiro atoms. The van der Waals surface area contributed by atoms with Crippen molar-refractivity contribution in [2.75, 3.05) is 6.61 Å². The molecule has 0 aliphatic heterocycles. The van der Waals surface area contributed by atoms with Crippen molar-refractivity contribution in [2.45, 2.75) is 47.6 Å². The largest absolute Gasteiger partial charge is 0.464 e. The molecular formula is C12H25NO2. The van der Waals surface area contributed by atoms with Crippen molar-refractivity contribution in [2.24, 2.45) is 23.0 Å². The second kappa shape index (κ2) is 5.50. The second-order valence-corrected chi connectivity index (χ2v) is 5.52. The van der Waals surface area contributed by atoms with Gasteiger partial charge in [0.25, 0.3) is 0 Å². The fourth-order valence-electron chi connectivity index (χ4n) is 0.792. The number of nitrogens with two attached hydrogens (primary N) is 1. The first-order valence-corrected chi connectivity index (χ1v) is 5.60. The summed E-state index contributed by atoms with van der Waals surface area (Å²) in [6.07, 6.45) is 0. The standard InChI is InChI=1S/C12H25NO2/c1-8(2)10(13)11(14)15-7-12(5,6)9(3)4/h8-10H,7,13H2,1-6H3/t10-/m0/s1. The van der Waals surface area contributed by atoms with Crippen LogP contribution in [0.2, 0.25) is 0 Å². The van der Waals surface area contributed by atoms with E-state index in [4.69, 9.17) is 10.5 Å². The van der Waals surface area contributed by atoms with E-state index in [-0.39, 0.29) is 17.3 Å². The summed E-state index contributed by atoms with van der Waals surface area (Å²) in [5.41, 5.74) is 5.70. The van der Waals surface area contributed by atoms with Crippen molar-refractivity contribution in [3.05, 3.63) is 0 Å². The molecule has 0 rings (SSSR count). The van der Waals surface area contributed by atoms with Crippen molar-refractivity contribution in [1.29, 1.82) is 0 Å². The van der Waals surface area contributed by atoms with Gasteiger partial charge in [-0.15, -0.1) is 0 Å². The average molecular weight is 215 g/mol. The highest BCUT2D eigenvalue weighted by Crippen LogP contribution is 2.26. The van der Waals surface area contributed by atoms with Gasteiger partial charge in [-0.3, -0.25) is 4.79 Å². The summed E-state index contributed by atoms with van der Waals surface area (Å²) in [7, 11) is 0. The average Bonchev–Trinajstić information content (AvgIpc) is 2.12. The highest BCUT2D eigenvalue weighted by atomic mass is 16.5. The number of hydrogen-bond donors (Lipinski definition) is 1. The monoisotopic (exact) mass is 215 g/mol. The predicted molar refractivity (Wildman–Crippen MR) is 62.4 cm³/mol. The predicted octanol–water partition coefficient (Wildman–Crippen LogP) is 2.20. The summed E-state index contributed by atoms with van der Waals surface area (Å²) in [5, 5.41) is 0. The van der Waals surface area contributed by atoms with E-state index in [9.17, 15) is 4.79 Å². The van der Waals surface area contributed by atoms with Crippen LogP contribution in [0.15, 0.2) is 0 Å². The molecule has 0 aliphatic rings. The zero-order valence-corrected chi connectivity index (χ0v) is 10.8. The summed E-state index contributed by atoms with van der Waals surface area (Å²) < 4.78 is 5.23. The third-order valence-electron chi connectivity index (χ3n) is 3.14. The first-order valence-electron chi connectivity index (χ1n) is 5.60. The Morgan fingerprint density at radius 2 is 1.73 bits per heavy atom. The van der Waals surface area contributed by atoms with E-state index < -0.39 is 6.04 Å². The molecule has 0 saturated carbocycles. The maximum absolute atomic E-state index is 11.5. The Hall–Kier alpha value is -0.570. The van der Waals surface area contributed by atoms with Gasteiger partial charge in [0.2, 0.25) is 0 Å². The highest BCUT2D eigenvalue weighted by Gasteiger charge is 2.26. The van der Waals surface area contributed by atoms with Crippen LogP contribution in [0.5, 0.6) is 0 Å². The molecule has 0 bridgehead atoms. The summed E-state index contributed by atoms with van der Waals surface area (Å²) in [5.74, 6) is 0.305. The van der Waals surface area contributed by atoms with Crippen molar-refractivity contribution >= 4 is 5.97 Å². The molecule has 0 unspecified atom stereocenters. The molecule has 90 valence electrons. The van der Waals surface area contributed by atoms with Gasteiger partial charge < -0.3 is 10.5 Å². The molecule has 15 heavy (non-hydrogen) atoms. The van der Waals surface area contributed by atoms with Gasteiger partial charge in [0.05, 0.1) is 6.61 Å². The Labute approximate surface area is 93.4 Å². The fourth-order valence-corrected chi connectivity index (χ4v) is 0.792. The van der Waals surface area contributed by atoms with Gasteiger partial charge in [0.15, 0.2) is 0 Å². The Morgan fingerprint density at radius 3 is 2.07 bits per heavy atom. The first kappa shape index (κ1) is 14.4. The molecular weight excluding hydrogens is 190 g/mol. The van der Waals surface area contributed by atoms with Crippen LogP contribution in [-0.4, -0.2) is 18.6 Å².